The van der Waals surface area contributed by atoms with E-state index in [0.29, 0.717) is 34.9 Å². The van der Waals surface area contributed by atoms with Crippen molar-refractivity contribution in [2.75, 3.05) is 11.9 Å². The second-order valence-electron chi connectivity index (χ2n) is 8.94. The lowest BCUT2D eigenvalue weighted by atomic mass is 9.83. The number of fused-ring (bicyclic) bond motifs is 2. The van der Waals surface area contributed by atoms with E-state index in [4.69, 9.17) is 0 Å². The highest BCUT2D eigenvalue weighted by Gasteiger charge is 2.33. The molecule has 1 unspecified atom stereocenters. The molecule has 2 bridgehead atoms. The molecule has 0 amide bonds. The largest absolute Gasteiger partial charge is 0.507 e. The molecule has 3 aromatic rings. The van der Waals surface area contributed by atoms with E-state index in [0.717, 1.165) is 24.2 Å². The van der Waals surface area contributed by atoms with Gasteiger partial charge in [-0.25, -0.2) is 4.68 Å². The lowest BCUT2D eigenvalue weighted by Crippen LogP contribution is -2.54. The fraction of sp³-hybridized carbons (Fsp3) is 0.417. The molecule has 2 aliphatic rings. The summed E-state index contributed by atoms with van der Waals surface area (Å²) in [4.78, 5) is 14.1. The first kappa shape index (κ1) is 20.6. The van der Waals surface area contributed by atoms with Crippen LogP contribution in [0.2, 0.25) is 0 Å². The Balaban J connectivity index is 1.34. The van der Waals surface area contributed by atoms with Crippen LogP contribution in [0.4, 0.5) is 5.82 Å². The van der Waals surface area contributed by atoms with E-state index in [1.54, 1.807) is 25.4 Å². The van der Waals surface area contributed by atoms with Gasteiger partial charge in [0.15, 0.2) is 5.82 Å². The summed E-state index contributed by atoms with van der Waals surface area (Å²) in [6.45, 7) is 0. The lowest BCUT2D eigenvalue weighted by molar-refractivity contribution is 0.219. The number of hydrogen-bond donors (Lipinski definition) is 2. The van der Waals surface area contributed by atoms with Crippen LogP contribution in [0.3, 0.4) is 0 Å². The average Bonchev–Trinajstić information content (AvgIpc) is 2.80. The molecule has 4 heterocycles. The maximum Gasteiger partial charge on any atom is 0.267 e. The van der Waals surface area contributed by atoms with Crippen LogP contribution in [0.1, 0.15) is 32.1 Å². The maximum absolute atomic E-state index is 11.9. The van der Waals surface area contributed by atoms with Crippen molar-refractivity contribution in [3.05, 3.63) is 52.9 Å². The highest BCUT2D eigenvalue weighted by atomic mass is 16.3. The van der Waals surface area contributed by atoms with Gasteiger partial charge in [0.05, 0.1) is 11.9 Å². The quantitative estimate of drug-likeness (QED) is 0.654. The van der Waals surface area contributed by atoms with Gasteiger partial charge in [-0.3, -0.25) is 4.79 Å². The Morgan fingerprint density at radius 1 is 1.06 bits per heavy atom. The highest BCUT2D eigenvalue weighted by molar-refractivity contribution is 5.74. The fourth-order valence-electron chi connectivity index (χ4n) is 4.95. The Hall–Kier alpha value is -3.26. The van der Waals surface area contributed by atoms with Gasteiger partial charge < -0.3 is 15.3 Å². The average molecular weight is 433 g/mol. The standard InChI is InChI=1S/C24H28N6O2/c1-29(19-12-17-4-3-5-18(13-19)26-17)23-9-8-21(27-28-23)20-7-6-15(10-22(20)31)16-11-24(32)30(2)25-14-16/h6-11,14,17-19,26,31H,3-5,12-13H2,1-2H3/t17-,18+,19?. The summed E-state index contributed by atoms with van der Waals surface area (Å²) >= 11 is 0. The van der Waals surface area contributed by atoms with E-state index in [1.807, 2.05) is 18.2 Å². The van der Waals surface area contributed by atoms with Crippen molar-refractivity contribution in [1.29, 1.82) is 0 Å². The molecule has 0 spiro atoms. The Kier molecular flexibility index (Phi) is 5.38. The second-order valence-corrected chi connectivity index (χ2v) is 8.94. The molecule has 0 saturated carbocycles. The summed E-state index contributed by atoms with van der Waals surface area (Å²) in [6, 6.07) is 12.3. The number of rotatable bonds is 4. The molecule has 3 atom stereocenters. The van der Waals surface area contributed by atoms with Crippen molar-refractivity contribution in [2.45, 2.75) is 50.2 Å². The molecular weight excluding hydrogens is 404 g/mol. The van der Waals surface area contributed by atoms with Gasteiger partial charge in [0.1, 0.15) is 5.75 Å². The van der Waals surface area contributed by atoms with Crippen molar-refractivity contribution < 1.29 is 5.11 Å². The van der Waals surface area contributed by atoms with Crippen molar-refractivity contribution in [3.63, 3.8) is 0 Å². The van der Waals surface area contributed by atoms with Crippen LogP contribution in [-0.4, -0.2) is 50.3 Å². The minimum absolute atomic E-state index is 0.0877. The molecule has 8 nitrogen and oxygen atoms in total. The first-order chi connectivity index (χ1) is 15.5. The van der Waals surface area contributed by atoms with Gasteiger partial charge in [0, 0.05) is 49.4 Å². The number of anilines is 1. The van der Waals surface area contributed by atoms with E-state index in [-0.39, 0.29) is 11.3 Å². The third-order valence-corrected chi connectivity index (χ3v) is 6.82. The molecule has 166 valence electrons. The zero-order valence-corrected chi connectivity index (χ0v) is 18.4. The number of phenolic OH excluding ortho intramolecular Hbond substituents is 1. The zero-order valence-electron chi connectivity index (χ0n) is 18.4. The third-order valence-electron chi connectivity index (χ3n) is 6.82. The fourth-order valence-corrected chi connectivity index (χ4v) is 4.95. The SMILES string of the molecule is CN(c1ccc(-c2ccc(-c3cnn(C)c(=O)c3)cc2O)nn1)C1C[C@H]2CCC[C@@H](C1)N2. The Bertz CT molecular complexity index is 1160. The smallest absolute Gasteiger partial charge is 0.267 e. The first-order valence-corrected chi connectivity index (χ1v) is 11.2. The van der Waals surface area contributed by atoms with Gasteiger partial charge in [0.2, 0.25) is 0 Å². The predicted molar refractivity (Wildman–Crippen MR) is 124 cm³/mol. The molecule has 8 heteroatoms. The second kappa shape index (κ2) is 8.35. The number of nitrogens with one attached hydrogen (secondary N) is 1. The van der Waals surface area contributed by atoms with Gasteiger partial charge in [-0.15, -0.1) is 10.2 Å². The van der Waals surface area contributed by atoms with E-state index in [1.165, 1.54) is 30.0 Å². The molecule has 1 aromatic carbocycles. The van der Waals surface area contributed by atoms with Crippen molar-refractivity contribution in [3.8, 4) is 28.1 Å². The summed E-state index contributed by atoms with van der Waals surface area (Å²) in [5, 5.41) is 27.2. The minimum Gasteiger partial charge on any atom is -0.507 e. The topological polar surface area (TPSA) is 96.2 Å². The van der Waals surface area contributed by atoms with Crippen LogP contribution in [0.5, 0.6) is 5.75 Å². The van der Waals surface area contributed by atoms with E-state index in [2.05, 4.69) is 32.6 Å². The molecule has 32 heavy (non-hydrogen) atoms. The van der Waals surface area contributed by atoms with E-state index < -0.39 is 0 Å². The van der Waals surface area contributed by atoms with Crippen LogP contribution < -0.4 is 15.8 Å². The number of piperidine rings is 2. The van der Waals surface area contributed by atoms with Gasteiger partial charge in [-0.05, 0) is 55.5 Å². The number of nitrogens with zero attached hydrogens (tertiary/aromatic N) is 5. The number of aromatic hydroxyl groups is 1. The van der Waals surface area contributed by atoms with Crippen LogP contribution in [0, 0.1) is 0 Å². The van der Waals surface area contributed by atoms with Gasteiger partial charge >= 0.3 is 0 Å². The van der Waals surface area contributed by atoms with Crippen LogP contribution >= 0.6 is 0 Å². The van der Waals surface area contributed by atoms with Crippen molar-refractivity contribution >= 4 is 5.82 Å². The van der Waals surface area contributed by atoms with E-state index in [9.17, 15) is 9.90 Å². The summed E-state index contributed by atoms with van der Waals surface area (Å²) in [6.07, 6.45) is 7.72. The number of aryl methyl sites for hydroxylation is 1. The molecule has 0 radical (unpaired) electrons. The van der Waals surface area contributed by atoms with Gasteiger partial charge in [0.25, 0.3) is 5.56 Å². The van der Waals surface area contributed by atoms with Crippen molar-refractivity contribution in [1.82, 2.24) is 25.3 Å². The molecule has 2 saturated heterocycles. The zero-order chi connectivity index (χ0) is 22.2. The Morgan fingerprint density at radius 2 is 1.84 bits per heavy atom. The highest BCUT2D eigenvalue weighted by Crippen LogP contribution is 2.33. The Labute approximate surface area is 186 Å². The van der Waals surface area contributed by atoms with Gasteiger partial charge in [-0.1, -0.05) is 12.5 Å². The molecule has 2 N–H and O–H groups in total. The molecular formula is C24H28N6O2. The summed E-state index contributed by atoms with van der Waals surface area (Å²) in [5.41, 5.74) is 2.38. The van der Waals surface area contributed by atoms with Crippen LogP contribution in [-0.2, 0) is 7.05 Å². The monoisotopic (exact) mass is 432 g/mol. The number of phenols is 1. The number of benzene rings is 1. The lowest BCUT2D eigenvalue weighted by Gasteiger charge is -2.43. The minimum atomic E-state index is -0.200. The summed E-state index contributed by atoms with van der Waals surface area (Å²) < 4.78 is 1.27. The molecule has 0 aliphatic carbocycles. The van der Waals surface area contributed by atoms with E-state index >= 15 is 0 Å². The Morgan fingerprint density at radius 3 is 2.50 bits per heavy atom. The molecule has 2 fully saturated rings. The first-order valence-electron chi connectivity index (χ1n) is 11.2. The number of hydrogen-bond acceptors (Lipinski definition) is 7. The van der Waals surface area contributed by atoms with Crippen molar-refractivity contribution in [2.24, 2.45) is 7.05 Å². The number of aromatic nitrogens is 4. The normalized spacial score (nSPS) is 22.5. The molecule has 2 aromatic heterocycles. The molecule has 5 rings (SSSR count). The molecule has 2 aliphatic heterocycles. The predicted octanol–water partition coefficient (Wildman–Crippen LogP) is 2.72. The third kappa shape index (κ3) is 3.98. The van der Waals surface area contributed by atoms with Gasteiger partial charge in [-0.2, -0.15) is 5.10 Å². The summed E-state index contributed by atoms with van der Waals surface area (Å²) in [7, 11) is 3.70. The summed E-state index contributed by atoms with van der Waals surface area (Å²) in [5.74, 6) is 0.936. The van der Waals surface area contributed by atoms with Crippen LogP contribution in [0.15, 0.2) is 47.4 Å². The maximum atomic E-state index is 11.9. The van der Waals surface area contributed by atoms with Crippen LogP contribution in [0.25, 0.3) is 22.4 Å².